The number of nitriles is 1. The van der Waals surface area contributed by atoms with Gasteiger partial charge in [-0.15, -0.1) is 0 Å². The van der Waals surface area contributed by atoms with Gasteiger partial charge in [-0.3, -0.25) is 4.21 Å². The number of anilines is 2. The van der Waals surface area contributed by atoms with Crippen LogP contribution in [0.15, 0.2) is 17.3 Å². The van der Waals surface area contributed by atoms with Gasteiger partial charge in [0.05, 0.1) is 38.4 Å². The molecule has 33 heavy (non-hydrogen) atoms. The van der Waals surface area contributed by atoms with Crippen LogP contribution in [0.2, 0.25) is 5.02 Å². The van der Waals surface area contributed by atoms with Crippen molar-refractivity contribution in [3.63, 3.8) is 0 Å². The van der Waals surface area contributed by atoms with E-state index in [0.717, 1.165) is 50.0 Å². The second kappa shape index (κ2) is 7.90. The molecule has 2 aliphatic carbocycles. The molecule has 10 heteroatoms. The molecule has 4 aliphatic rings. The molecule has 172 valence electrons. The number of fused-ring (bicyclic) bond motifs is 3. The first-order valence-corrected chi connectivity index (χ1v) is 13.2. The molecule has 0 amide bonds. The summed E-state index contributed by atoms with van der Waals surface area (Å²) in [4.78, 5) is 16.7. The minimum Gasteiger partial charge on any atom is -0.394 e. The zero-order valence-corrected chi connectivity index (χ0v) is 19.7. The fourth-order valence-corrected chi connectivity index (χ4v) is 7.50. The maximum absolute atomic E-state index is 12.8. The quantitative estimate of drug-likeness (QED) is 0.665. The Labute approximate surface area is 199 Å². The number of hydrogen-bond acceptors (Lipinski definition) is 8. The number of halogens is 1. The van der Waals surface area contributed by atoms with E-state index in [2.05, 4.69) is 26.3 Å². The summed E-state index contributed by atoms with van der Waals surface area (Å²) in [6.45, 7) is 0.804. The highest BCUT2D eigenvalue weighted by atomic mass is 35.5. The number of piperidine rings is 1. The normalized spacial score (nSPS) is 28.9. The van der Waals surface area contributed by atoms with Crippen molar-refractivity contribution in [2.24, 2.45) is 5.92 Å². The van der Waals surface area contributed by atoms with E-state index in [-0.39, 0.29) is 18.6 Å². The summed E-state index contributed by atoms with van der Waals surface area (Å²) in [6, 6.07) is 2.64. The summed E-state index contributed by atoms with van der Waals surface area (Å²) in [7, 11) is -1.18. The highest BCUT2D eigenvalue weighted by Gasteiger charge is 2.48. The molecular weight excluding hydrogens is 460 g/mol. The number of nitrogens with one attached hydrogen (secondary N) is 1. The molecular formula is C23H25ClN6O2S. The van der Waals surface area contributed by atoms with Crippen molar-refractivity contribution in [2.45, 2.75) is 60.9 Å². The van der Waals surface area contributed by atoms with Crippen LogP contribution in [0.25, 0.3) is 0 Å². The topological polar surface area (TPSA) is 115 Å². The molecule has 2 aromatic rings. The van der Waals surface area contributed by atoms with E-state index in [9.17, 15) is 14.6 Å². The number of aliphatic hydroxyl groups excluding tert-OH is 1. The lowest BCUT2D eigenvalue weighted by atomic mass is 9.77. The molecule has 4 atom stereocenters. The van der Waals surface area contributed by atoms with Crippen molar-refractivity contribution in [2.75, 3.05) is 29.1 Å². The van der Waals surface area contributed by atoms with Gasteiger partial charge in [0, 0.05) is 36.7 Å². The molecule has 6 rings (SSSR count). The van der Waals surface area contributed by atoms with Crippen LogP contribution in [-0.4, -0.2) is 54.8 Å². The molecule has 4 unspecified atom stereocenters. The summed E-state index contributed by atoms with van der Waals surface area (Å²) in [5.74, 6) is 3.29. The minimum atomic E-state index is -1.18. The zero-order chi connectivity index (χ0) is 22.7. The van der Waals surface area contributed by atoms with E-state index in [1.165, 1.54) is 0 Å². The molecule has 2 bridgehead atoms. The summed E-state index contributed by atoms with van der Waals surface area (Å²) in [5.41, 5.74) is 1.01. The van der Waals surface area contributed by atoms with Crippen LogP contribution in [0.3, 0.4) is 0 Å². The van der Waals surface area contributed by atoms with Crippen molar-refractivity contribution in [3.05, 3.63) is 34.4 Å². The molecule has 0 aromatic carbocycles. The first kappa shape index (κ1) is 21.3. The predicted octanol–water partition coefficient (Wildman–Crippen LogP) is 2.77. The third-order valence-corrected chi connectivity index (χ3v) is 9.56. The lowest BCUT2D eigenvalue weighted by molar-refractivity contribution is 0.143. The molecule has 0 spiro atoms. The van der Waals surface area contributed by atoms with Crippen LogP contribution in [0, 0.1) is 17.2 Å². The first-order chi connectivity index (χ1) is 16.0. The predicted molar refractivity (Wildman–Crippen MR) is 125 cm³/mol. The average molecular weight is 485 g/mol. The molecule has 2 aromatic heterocycles. The van der Waals surface area contributed by atoms with Gasteiger partial charge in [-0.2, -0.15) is 5.26 Å². The lowest BCUT2D eigenvalue weighted by Crippen LogP contribution is -2.49. The van der Waals surface area contributed by atoms with E-state index >= 15 is 0 Å². The monoisotopic (exact) mass is 484 g/mol. The largest absolute Gasteiger partial charge is 0.394 e. The van der Waals surface area contributed by atoms with Gasteiger partial charge in [-0.1, -0.05) is 11.6 Å². The van der Waals surface area contributed by atoms with Crippen LogP contribution >= 0.6 is 11.6 Å². The Bertz CT molecular complexity index is 1170. The fraction of sp³-hybridized carbons (Fsp3) is 0.565. The molecule has 2 N–H and O–H groups in total. The Balaban J connectivity index is 1.35. The lowest BCUT2D eigenvalue weighted by Gasteiger charge is -2.42. The van der Waals surface area contributed by atoms with Crippen LogP contribution in [0.5, 0.6) is 0 Å². The Hall–Kier alpha value is -2.28. The first-order valence-electron chi connectivity index (χ1n) is 11.5. The molecule has 8 nitrogen and oxygen atoms in total. The van der Waals surface area contributed by atoms with E-state index in [1.807, 2.05) is 0 Å². The summed E-state index contributed by atoms with van der Waals surface area (Å²) in [5, 5.41) is 24.0. The molecule has 2 aliphatic heterocycles. The van der Waals surface area contributed by atoms with Gasteiger partial charge in [0.2, 0.25) is 0 Å². The van der Waals surface area contributed by atoms with Crippen LogP contribution in [-0.2, 0) is 17.2 Å². The van der Waals surface area contributed by atoms with Gasteiger partial charge < -0.3 is 15.3 Å². The second-order valence-electron chi connectivity index (χ2n) is 9.70. The van der Waals surface area contributed by atoms with E-state index in [4.69, 9.17) is 16.6 Å². The Kier molecular flexibility index (Phi) is 5.09. The van der Waals surface area contributed by atoms with Crippen LogP contribution in [0.1, 0.15) is 55.0 Å². The number of hydrogen-bond donors (Lipinski definition) is 2. The zero-order valence-electron chi connectivity index (χ0n) is 18.1. The summed E-state index contributed by atoms with van der Waals surface area (Å²) >= 11 is 5.96. The molecule has 1 saturated heterocycles. The number of aliphatic hydroxyl groups is 1. The maximum atomic E-state index is 12.8. The van der Waals surface area contributed by atoms with Gasteiger partial charge in [0.25, 0.3) is 0 Å². The third kappa shape index (κ3) is 3.34. The summed E-state index contributed by atoms with van der Waals surface area (Å²) in [6.07, 6.45) is 8.60. The molecule has 3 fully saturated rings. The Morgan fingerprint density at radius 3 is 2.73 bits per heavy atom. The Morgan fingerprint density at radius 1 is 1.33 bits per heavy atom. The van der Waals surface area contributed by atoms with Gasteiger partial charge in [-0.25, -0.2) is 15.0 Å². The highest BCUT2D eigenvalue weighted by Crippen LogP contribution is 2.50. The van der Waals surface area contributed by atoms with Crippen LogP contribution < -0.4 is 10.2 Å². The molecule has 4 heterocycles. The number of rotatable bonds is 5. The third-order valence-electron chi connectivity index (χ3n) is 7.89. The van der Waals surface area contributed by atoms with Crippen molar-refractivity contribution in [1.29, 1.82) is 5.26 Å². The van der Waals surface area contributed by atoms with E-state index < -0.39 is 16.3 Å². The van der Waals surface area contributed by atoms with Gasteiger partial charge in [-0.05, 0) is 50.0 Å². The SMILES string of the molecule is N#Cc1c(N2CC3CC2CC3c2ncc(Cl)cn2)nc(NC2(CO)CCC2)c2c1CCS2=O. The summed E-state index contributed by atoms with van der Waals surface area (Å²) < 4.78 is 12.8. The van der Waals surface area contributed by atoms with Crippen molar-refractivity contribution in [1.82, 2.24) is 15.0 Å². The number of nitrogens with zero attached hydrogens (tertiary/aromatic N) is 5. The fourth-order valence-electron chi connectivity index (χ4n) is 6.01. The van der Waals surface area contributed by atoms with Crippen molar-refractivity contribution in [3.8, 4) is 6.07 Å². The van der Waals surface area contributed by atoms with E-state index in [1.54, 1.807) is 12.4 Å². The van der Waals surface area contributed by atoms with Gasteiger partial charge in [0.1, 0.15) is 23.5 Å². The molecule has 0 radical (unpaired) electrons. The van der Waals surface area contributed by atoms with Crippen molar-refractivity contribution < 1.29 is 9.32 Å². The highest BCUT2D eigenvalue weighted by molar-refractivity contribution is 7.85. The molecule has 2 saturated carbocycles. The number of aromatic nitrogens is 3. The van der Waals surface area contributed by atoms with Gasteiger partial charge in [0.15, 0.2) is 0 Å². The standard InChI is InChI=1S/C23H25ClN6O2S/c24-14-9-26-20(27-10-14)17-7-15-6-13(17)11-30(15)22-18(8-25)16-2-5-33(32)19(16)21(28-22)29-23(12-31)3-1-4-23/h9-10,13,15,17,31H,1-7,11-12H2,(H,28,29). The maximum Gasteiger partial charge on any atom is 0.149 e. The number of pyridine rings is 1. The van der Waals surface area contributed by atoms with Crippen LogP contribution in [0.4, 0.5) is 11.6 Å². The second-order valence-corrected chi connectivity index (χ2v) is 11.6. The smallest absolute Gasteiger partial charge is 0.149 e. The minimum absolute atomic E-state index is 0.0165. The average Bonchev–Trinajstić information content (AvgIpc) is 3.51. The Morgan fingerprint density at radius 2 is 2.12 bits per heavy atom. The van der Waals surface area contributed by atoms with Gasteiger partial charge >= 0.3 is 0 Å². The van der Waals surface area contributed by atoms with Crippen molar-refractivity contribution >= 4 is 34.0 Å². The van der Waals surface area contributed by atoms with E-state index in [0.29, 0.717) is 45.2 Å².